The SMILES string of the molecule is CSC(=NC[C@H]1CCCO1)Nc1n[nH]c(C)c1-c1ccccc1F. The van der Waals surface area contributed by atoms with Gasteiger partial charge >= 0.3 is 0 Å². The monoisotopic (exact) mass is 348 g/mol. The van der Waals surface area contributed by atoms with E-state index in [1.54, 1.807) is 12.1 Å². The van der Waals surface area contributed by atoms with Crippen LogP contribution in [-0.4, -0.2) is 40.9 Å². The summed E-state index contributed by atoms with van der Waals surface area (Å²) in [6.45, 7) is 3.32. The summed E-state index contributed by atoms with van der Waals surface area (Å²) in [6, 6.07) is 6.70. The minimum atomic E-state index is -0.271. The van der Waals surface area contributed by atoms with Crippen molar-refractivity contribution >= 4 is 22.7 Å². The molecule has 0 spiro atoms. The molecule has 5 nitrogen and oxygen atoms in total. The second-order valence-electron chi connectivity index (χ2n) is 5.66. The molecule has 1 aliphatic rings. The van der Waals surface area contributed by atoms with Crippen LogP contribution in [0.3, 0.4) is 0 Å². The van der Waals surface area contributed by atoms with Crippen molar-refractivity contribution in [1.82, 2.24) is 10.2 Å². The Balaban J connectivity index is 1.82. The predicted molar refractivity (Wildman–Crippen MR) is 97.1 cm³/mol. The number of nitrogens with one attached hydrogen (secondary N) is 2. The zero-order valence-corrected chi connectivity index (χ0v) is 14.6. The molecular weight excluding hydrogens is 327 g/mol. The number of halogens is 1. The third-order valence-corrected chi connectivity index (χ3v) is 4.59. The van der Waals surface area contributed by atoms with Gasteiger partial charge in [-0.3, -0.25) is 10.1 Å². The summed E-state index contributed by atoms with van der Waals surface area (Å²) in [5.74, 6) is 0.310. The van der Waals surface area contributed by atoms with Gasteiger partial charge in [0.2, 0.25) is 0 Å². The predicted octanol–water partition coefficient (Wildman–Crippen LogP) is 3.83. The van der Waals surface area contributed by atoms with Gasteiger partial charge in [0.15, 0.2) is 11.0 Å². The smallest absolute Gasteiger partial charge is 0.162 e. The number of thioether (sulfide) groups is 1. The van der Waals surface area contributed by atoms with Gasteiger partial charge in [0.05, 0.1) is 12.6 Å². The number of hydrogen-bond donors (Lipinski definition) is 2. The van der Waals surface area contributed by atoms with Crippen molar-refractivity contribution in [3.05, 3.63) is 35.8 Å². The van der Waals surface area contributed by atoms with Gasteiger partial charge in [-0.05, 0) is 32.1 Å². The molecule has 0 saturated carbocycles. The van der Waals surface area contributed by atoms with Crippen molar-refractivity contribution in [3.8, 4) is 11.1 Å². The molecule has 1 aliphatic heterocycles. The maximum absolute atomic E-state index is 14.2. The molecule has 128 valence electrons. The molecule has 1 fully saturated rings. The number of aryl methyl sites for hydroxylation is 1. The van der Waals surface area contributed by atoms with Gasteiger partial charge < -0.3 is 10.1 Å². The Hall–Kier alpha value is -1.86. The van der Waals surface area contributed by atoms with Crippen LogP contribution in [-0.2, 0) is 4.74 Å². The van der Waals surface area contributed by atoms with Crippen molar-refractivity contribution in [3.63, 3.8) is 0 Å². The number of anilines is 1. The Kier molecular flexibility index (Phi) is 5.52. The second-order valence-corrected chi connectivity index (χ2v) is 6.46. The normalized spacial score (nSPS) is 18.1. The van der Waals surface area contributed by atoms with E-state index in [1.807, 2.05) is 19.2 Å². The molecule has 1 atom stereocenters. The average molecular weight is 348 g/mol. The van der Waals surface area contributed by atoms with Crippen LogP contribution in [0.25, 0.3) is 11.1 Å². The molecule has 24 heavy (non-hydrogen) atoms. The number of benzene rings is 1. The van der Waals surface area contributed by atoms with Gasteiger partial charge in [0, 0.05) is 23.4 Å². The highest BCUT2D eigenvalue weighted by Crippen LogP contribution is 2.31. The first-order chi connectivity index (χ1) is 11.7. The van der Waals surface area contributed by atoms with Gasteiger partial charge in [-0.25, -0.2) is 4.39 Å². The molecule has 2 N–H and O–H groups in total. The lowest BCUT2D eigenvalue weighted by atomic mass is 10.1. The van der Waals surface area contributed by atoms with Crippen molar-refractivity contribution in [2.75, 3.05) is 24.7 Å². The Labute approximate surface area is 145 Å². The summed E-state index contributed by atoms with van der Waals surface area (Å²) in [4.78, 5) is 4.58. The third-order valence-electron chi connectivity index (χ3n) is 3.97. The van der Waals surface area contributed by atoms with E-state index < -0.39 is 0 Å². The van der Waals surface area contributed by atoms with Crippen LogP contribution in [0.1, 0.15) is 18.5 Å². The Morgan fingerprint density at radius 3 is 3.04 bits per heavy atom. The molecule has 0 amide bonds. The van der Waals surface area contributed by atoms with Crippen molar-refractivity contribution in [1.29, 1.82) is 0 Å². The van der Waals surface area contributed by atoms with Crippen LogP contribution in [0.15, 0.2) is 29.3 Å². The number of aromatic amines is 1. The number of amidine groups is 1. The number of hydrogen-bond acceptors (Lipinski definition) is 4. The zero-order valence-electron chi connectivity index (χ0n) is 13.8. The molecule has 0 aliphatic carbocycles. The van der Waals surface area contributed by atoms with E-state index in [-0.39, 0.29) is 11.9 Å². The molecule has 2 aromatic rings. The lowest BCUT2D eigenvalue weighted by molar-refractivity contribution is 0.118. The van der Waals surface area contributed by atoms with Gasteiger partial charge in [-0.1, -0.05) is 30.0 Å². The molecule has 0 unspecified atom stereocenters. The molecule has 1 saturated heterocycles. The van der Waals surface area contributed by atoms with Gasteiger partial charge in [-0.2, -0.15) is 5.10 Å². The summed E-state index contributed by atoms with van der Waals surface area (Å²) < 4.78 is 19.8. The number of aliphatic imine (C=N–C) groups is 1. The minimum absolute atomic E-state index is 0.195. The molecular formula is C17H21FN4OS. The van der Waals surface area contributed by atoms with Gasteiger partial charge in [0.25, 0.3) is 0 Å². The van der Waals surface area contributed by atoms with E-state index in [0.29, 0.717) is 17.9 Å². The number of ether oxygens (including phenoxy) is 1. The van der Waals surface area contributed by atoms with Crippen LogP contribution in [0, 0.1) is 12.7 Å². The van der Waals surface area contributed by atoms with E-state index in [0.717, 1.165) is 35.9 Å². The van der Waals surface area contributed by atoms with Crippen molar-refractivity contribution in [2.45, 2.75) is 25.9 Å². The standard InChI is InChI=1S/C17H21FN4OS/c1-11-15(13-7-3-4-8-14(13)18)16(22-21-11)20-17(24-2)19-10-12-6-5-9-23-12/h3-4,7-8,12H,5-6,9-10H2,1-2H3,(H2,19,20,21,22)/t12-/m1/s1. The van der Waals surface area contributed by atoms with Gasteiger partial charge in [0.1, 0.15) is 5.82 Å². The summed E-state index contributed by atoms with van der Waals surface area (Å²) in [7, 11) is 0. The highest BCUT2D eigenvalue weighted by atomic mass is 32.2. The Morgan fingerprint density at radius 1 is 1.50 bits per heavy atom. The van der Waals surface area contributed by atoms with Gasteiger partial charge in [-0.15, -0.1) is 0 Å². The topological polar surface area (TPSA) is 62.3 Å². The second kappa shape index (κ2) is 7.81. The average Bonchev–Trinajstić information content (AvgIpc) is 3.22. The quantitative estimate of drug-likeness (QED) is 0.651. The van der Waals surface area contributed by atoms with E-state index in [1.165, 1.54) is 17.8 Å². The van der Waals surface area contributed by atoms with Crippen LogP contribution >= 0.6 is 11.8 Å². The molecule has 1 aromatic carbocycles. The first-order valence-electron chi connectivity index (χ1n) is 7.96. The van der Waals surface area contributed by atoms with E-state index in [9.17, 15) is 4.39 Å². The lowest BCUT2D eigenvalue weighted by Crippen LogP contribution is -2.15. The first-order valence-corrected chi connectivity index (χ1v) is 9.18. The fourth-order valence-electron chi connectivity index (χ4n) is 2.74. The molecule has 1 aromatic heterocycles. The van der Waals surface area contributed by atoms with Crippen LogP contribution in [0.5, 0.6) is 0 Å². The largest absolute Gasteiger partial charge is 0.376 e. The molecule has 3 rings (SSSR count). The fraction of sp³-hybridized carbons (Fsp3) is 0.412. The summed E-state index contributed by atoms with van der Waals surface area (Å²) in [5.41, 5.74) is 2.06. The maximum Gasteiger partial charge on any atom is 0.162 e. The van der Waals surface area contributed by atoms with E-state index in [2.05, 4.69) is 20.5 Å². The summed E-state index contributed by atoms with van der Waals surface area (Å²) in [6.07, 6.45) is 4.29. The molecule has 7 heteroatoms. The van der Waals surface area contributed by atoms with Crippen LogP contribution in [0.4, 0.5) is 10.2 Å². The zero-order chi connectivity index (χ0) is 16.9. The number of H-pyrrole nitrogens is 1. The fourth-order valence-corrected chi connectivity index (χ4v) is 3.14. The maximum atomic E-state index is 14.2. The lowest BCUT2D eigenvalue weighted by Gasteiger charge is -2.10. The molecule has 0 radical (unpaired) electrons. The third kappa shape index (κ3) is 3.79. The van der Waals surface area contributed by atoms with E-state index in [4.69, 9.17) is 4.74 Å². The summed E-state index contributed by atoms with van der Waals surface area (Å²) >= 11 is 1.50. The molecule has 0 bridgehead atoms. The van der Waals surface area contributed by atoms with Crippen molar-refractivity contribution in [2.24, 2.45) is 4.99 Å². The highest BCUT2D eigenvalue weighted by molar-refractivity contribution is 8.13. The number of nitrogens with zero attached hydrogens (tertiary/aromatic N) is 2. The minimum Gasteiger partial charge on any atom is -0.376 e. The highest BCUT2D eigenvalue weighted by Gasteiger charge is 2.18. The van der Waals surface area contributed by atoms with Crippen molar-refractivity contribution < 1.29 is 9.13 Å². The summed E-state index contributed by atoms with van der Waals surface area (Å²) in [5, 5.41) is 11.2. The Bertz CT molecular complexity index is 725. The molecule has 2 heterocycles. The van der Waals surface area contributed by atoms with Crippen LogP contribution in [0.2, 0.25) is 0 Å². The first kappa shape index (κ1) is 17.0. The Morgan fingerprint density at radius 2 is 2.33 bits per heavy atom. The van der Waals surface area contributed by atoms with Crippen LogP contribution < -0.4 is 5.32 Å². The van der Waals surface area contributed by atoms with E-state index >= 15 is 0 Å². The number of aromatic nitrogens is 2. The number of rotatable bonds is 4.